The van der Waals surface area contributed by atoms with Crippen LogP contribution in [-0.4, -0.2) is 282 Å². The number of carboxylic acids is 7. The van der Waals surface area contributed by atoms with E-state index in [1.54, 1.807) is 48.1 Å². The van der Waals surface area contributed by atoms with Gasteiger partial charge in [-0.1, -0.05) is 56.4 Å². The molecule has 0 bridgehead atoms. The standard InChI is InChI=1S/C27H47N5O10.C19H34N4O7.3CH4/c1-20(2)22(33)6-7-23(34)28-8-4-3-5-21-15-31(18-26(39)40)12-11-29(16-24(35)36)9-10-30(17-25(37)38)13-14-32(21)19-27(41)42;1-15(2)16(24)11-20-3-5-21(12-17(25)26)7-9-23(14-19(29)30)10-8-22(6-4-20)13-18(27)28;;;/h20-21H,3-19H2,1-2H3,(H,28,34)(H,35,36)(H,37,38)(H,39,40)(H,41,42);15H,3-14H2,1-2H3,(H,25,26)(H,27,28)(H,29,30);3*1H4/p-3. The average Bonchev–Trinajstić information content (AvgIpc) is 3.26. The lowest BCUT2D eigenvalue weighted by molar-refractivity contribution is -0.308. The summed E-state index contributed by atoms with van der Waals surface area (Å²) in [5.74, 6) is -8.45. The van der Waals surface area contributed by atoms with E-state index in [4.69, 9.17) is 5.11 Å². The maximum atomic E-state index is 12.2. The van der Waals surface area contributed by atoms with Crippen LogP contribution in [0.15, 0.2) is 0 Å². The number of nitrogens with one attached hydrogen (secondary N) is 1. The lowest BCUT2D eigenvalue weighted by Crippen LogP contribution is -2.54. The van der Waals surface area contributed by atoms with Gasteiger partial charge in [0, 0.05) is 155 Å². The number of unbranched alkanes of at least 4 members (excludes halogenated alkanes) is 1. The molecule has 0 aromatic carbocycles. The second kappa shape index (κ2) is 41.0. The first-order valence-electron chi connectivity index (χ1n) is 24.4. The van der Waals surface area contributed by atoms with Gasteiger partial charge in [-0.3, -0.25) is 72.8 Å². The van der Waals surface area contributed by atoms with Crippen LogP contribution in [0.1, 0.15) is 82.1 Å². The zero-order chi connectivity index (χ0) is 54.3. The van der Waals surface area contributed by atoms with Gasteiger partial charge in [-0.15, -0.1) is 0 Å². The van der Waals surface area contributed by atoms with Crippen LogP contribution in [0.4, 0.5) is 0 Å². The molecular formula is C49H90N9O17-3. The molecule has 0 radical (unpaired) electrons. The molecule has 2 aliphatic heterocycles. The summed E-state index contributed by atoms with van der Waals surface area (Å²) >= 11 is 0. The summed E-state index contributed by atoms with van der Waals surface area (Å²) in [6.45, 7) is 9.82. The number of hydrogen-bond donors (Lipinski definition) is 5. The van der Waals surface area contributed by atoms with Gasteiger partial charge >= 0.3 is 23.9 Å². The highest BCUT2D eigenvalue weighted by molar-refractivity contribution is 5.86. The van der Waals surface area contributed by atoms with Crippen LogP contribution >= 0.6 is 0 Å². The smallest absolute Gasteiger partial charge is 0.317 e. The van der Waals surface area contributed by atoms with Gasteiger partial charge in [0.1, 0.15) is 11.6 Å². The van der Waals surface area contributed by atoms with E-state index >= 15 is 0 Å². The van der Waals surface area contributed by atoms with Crippen molar-refractivity contribution >= 4 is 59.3 Å². The highest BCUT2D eigenvalue weighted by Gasteiger charge is 2.27. The van der Waals surface area contributed by atoms with Crippen LogP contribution in [0.2, 0.25) is 0 Å². The highest BCUT2D eigenvalue weighted by Crippen LogP contribution is 2.14. The van der Waals surface area contributed by atoms with Gasteiger partial charge in [0.15, 0.2) is 0 Å². The van der Waals surface area contributed by atoms with Crippen LogP contribution in [0.5, 0.6) is 0 Å². The summed E-state index contributed by atoms with van der Waals surface area (Å²) in [6, 6.07) is -0.430. The summed E-state index contributed by atoms with van der Waals surface area (Å²) in [4.78, 5) is 129. The number of rotatable bonds is 26. The molecule has 2 saturated heterocycles. The summed E-state index contributed by atoms with van der Waals surface area (Å²) in [6.07, 6.45) is 1.86. The zero-order valence-electron chi connectivity index (χ0n) is 42.4. The van der Waals surface area contributed by atoms with Crippen molar-refractivity contribution in [3.63, 3.8) is 0 Å². The summed E-state index contributed by atoms with van der Waals surface area (Å²) in [7, 11) is 0. The van der Waals surface area contributed by atoms with Gasteiger partial charge in [0.2, 0.25) is 5.91 Å². The van der Waals surface area contributed by atoms with Gasteiger partial charge < -0.3 is 55.4 Å². The molecule has 2 heterocycles. The fraction of sp³-hybridized carbons (Fsp3) is 0.796. The summed E-state index contributed by atoms with van der Waals surface area (Å²) in [5.41, 5.74) is 0. The van der Waals surface area contributed by atoms with Crippen molar-refractivity contribution in [2.75, 3.05) is 157 Å². The van der Waals surface area contributed by atoms with Gasteiger partial charge in [-0.25, -0.2) is 0 Å². The van der Waals surface area contributed by atoms with Crippen LogP contribution in [-0.2, 0) is 47.9 Å². The molecule has 1 unspecified atom stereocenters. The van der Waals surface area contributed by atoms with Crippen molar-refractivity contribution in [3.05, 3.63) is 0 Å². The second-order valence-electron chi connectivity index (χ2n) is 18.8. The molecule has 75 heavy (non-hydrogen) atoms. The molecule has 2 aliphatic rings. The molecule has 1 atom stereocenters. The molecule has 5 N–H and O–H groups in total. The molecule has 0 aromatic heterocycles. The number of carboxylic acid groups (broad SMARTS) is 7. The number of amides is 1. The second-order valence-corrected chi connectivity index (χ2v) is 18.8. The van der Waals surface area contributed by atoms with Crippen LogP contribution < -0.4 is 20.6 Å². The minimum atomic E-state index is -1.33. The molecule has 0 aromatic rings. The van der Waals surface area contributed by atoms with Crippen LogP contribution in [0.25, 0.3) is 0 Å². The monoisotopic (exact) mass is 1080 g/mol. The molecule has 2 rings (SSSR count). The van der Waals surface area contributed by atoms with Gasteiger partial charge in [-0.05, 0) is 12.8 Å². The lowest BCUT2D eigenvalue weighted by Gasteiger charge is -2.38. The minimum absolute atomic E-state index is 0. The molecule has 1 amide bonds. The van der Waals surface area contributed by atoms with Gasteiger partial charge in [0.05, 0.1) is 50.6 Å². The van der Waals surface area contributed by atoms with E-state index in [-0.39, 0.29) is 150 Å². The van der Waals surface area contributed by atoms with Crippen LogP contribution in [0.3, 0.4) is 0 Å². The van der Waals surface area contributed by atoms with Crippen molar-refractivity contribution < 1.29 is 83.7 Å². The van der Waals surface area contributed by atoms with Gasteiger partial charge in [0.25, 0.3) is 0 Å². The predicted octanol–water partition coefficient (Wildman–Crippen LogP) is -4.20. The number of aliphatic carboxylic acids is 7. The first kappa shape index (κ1) is 74.0. The Balaban J connectivity index is -0.00000140. The van der Waals surface area contributed by atoms with Crippen molar-refractivity contribution in [3.8, 4) is 0 Å². The van der Waals surface area contributed by atoms with E-state index < -0.39 is 60.9 Å². The molecular weight excluding hydrogens is 987 g/mol. The molecule has 2 fully saturated rings. The van der Waals surface area contributed by atoms with E-state index in [1.165, 1.54) is 0 Å². The topological polar surface area (TPSA) is 359 Å². The van der Waals surface area contributed by atoms with Crippen molar-refractivity contribution in [1.29, 1.82) is 0 Å². The van der Waals surface area contributed by atoms with Gasteiger partial charge in [-0.2, -0.15) is 0 Å². The van der Waals surface area contributed by atoms with E-state index in [0.29, 0.717) is 78.2 Å². The molecule has 26 heteroatoms. The minimum Gasteiger partial charge on any atom is -0.549 e. The quantitative estimate of drug-likeness (QED) is 0.0513. The van der Waals surface area contributed by atoms with E-state index in [2.05, 4.69) is 5.32 Å². The first-order valence-corrected chi connectivity index (χ1v) is 24.4. The average molecular weight is 1080 g/mol. The Kier molecular flexibility index (Phi) is 40.5. The van der Waals surface area contributed by atoms with Crippen molar-refractivity contribution in [2.24, 2.45) is 11.8 Å². The normalized spacial score (nSPS) is 18.1. The number of carbonyl (C=O) groups is 10. The summed E-state index contributed by atoms with van der Waals surface area (Å²) in [5, 5.41) is 73.9. The zero-order valence-corrected chi connectivity index (χ0v) is 42.4. The number of Topliss-reactive ketones (excluding diaryl/α,β-unsaturated/α-hetero) is 2. The fourth-order valence-electron chi connectivity index (χ4n) is 7.94. The number of ketones is 2. The molecule has 436 valence electrons. The third-order valence-corrected chi connectivity index (χ3v) is 12.1. The highest BCUT2D eigenvalue weighted by atomic mass is 16.4. The Morgan fingerprint density at radius 1 is 0.427 bits per heavy atom. The SMILES string of the molecule is C.C.C.CC(C)C(=O)CCC(=O)NCCCCC1CN(CC(=O)[O-])CCN(CC(=O)[O-])CCN(CC(=O)O)CCN1CC(=O)O.CC(C)C(=O)CN1CCN(CC(=O)[O-])CCN(CC(=O)O)CCN(CC(=O)O)CC1. The lowest BCUT2D eigenvalue weighted by atomic mass is 10.0. The predicted molar refractivity (Wildman–Crippen MR) is 272 cm³/mol. The molecule has 0 aliphatic carbocycles. The Labute approximate surface area is 443 Å². The Morgan fingerprint density at radius 2 is 0.747 bits per heavy atom. The molecule has 0 spiro atoms. The molecule has 0 saturated carbocycles. The Bertz CT molecular complexity index is 1730. The third kappa shape index (κ3) is 37.2. The molecule has 26 nitrogen and oxygen atoms in total. The first-order chi connectivity index (χ1) is 33.8. The fourth-order valence-corrected chi connectivity index (χ4v) is 7.94. The summed E-state index contributed by atoms with van der Waals surface area (Å²) < 4.78 is 0. The number of nitrogens with zero attached hydrogens (tertiary/aromatic N) is 8. The maximum absolute atomic E-state index is 12.2. The largest absolute Gasteiger partial charge is 0.549 e. The van der Waals surface area contributed by atoms with E-state index in [9.17, 15) is 78.6 Å². The van der Waals surface area contributed by atoms with E-state index in [1.807, 2.05) is 18.7 Å². The van der Waals surface area contributed by atoms with Crippen molar-refractivity contribution in [2.45, 2.75) is 88.1 Å². The Hall–Kier alpha value is -5.22. The van der Waals surface area contributed by atoms with E-state index in [0.717, 1.165) is 0 Å². The number of carbonyl (C=O) groups excluding carboxylic acids is 6. The Morgan fingerprint density at radius 3 is 1.09 bits per heavy atom. The van der Waals surface area contributed by atoms with Crippen LogP contribution in [0, 0.1) is 11.8 Å². The third-order valence-electron chi connectivity index (χ3n) is 12.1. The number of hydrogen-bond acceptors (Lipinski definition) is 21. The van der Waals surface area contributed by atoms with Crippen molar-refractivity contribution in [1.82, 2.24) is 44.5 Å². The maximum Gasteiger partial charge on any atom is 0.317 e.